The molecule has 4 nitrogen and oxygen atoms in total. The Balaban J connectivity index is 2.08. The Kier molecular flexibility index (Phi) is 3.97. The molecule has 0 unspecified atom stereocenters. The number of benzene rings is 2. The second kappa shape index (κ2) is 5.67. The van der Waals surface area contributed by atoms with Gasteiger partial charge in [0.1, 0.15) is 5.75 Å². The largest absolute Gasteiger partial charge is 0.293 e. The number of carbonyl (C=O) groups is 1. The number of sulfonamides is 1. The fourth-order valence-electron chi connectivity index (χ4n) is 1.60. The molecule has 0 spiro atoms. The Morgan fingerprint density at radius 3 is 2.00 bits per heavy atom. The number of ketones is 1. The normalized spacial score (nSPS) is 10.9. The third-order valence-electron chi connectivity index (χ3n) is 2.46. The van der Waals surface area contributed by atoms with Gasteiger partial charge in [0, 0.05) is 11.3 Å². The zero-order chi connectivity index (χ0) is 13.7. The van der Waals surface area contributed by atoms with Crippen LogP contribution in [0.25, 0.3) is 0 Å². The van der Waals surface area contributed by atoms with E-state index in [1.54, 1.807) is 60.7 Å². The zero-order valence-corrected chi connectivity index (χ0v) is 10.9. The molecule has 0 radical (unpaired) electrons. The number of Topliss-reactive ketones (excluding diaryl/α,β-unsaturated/α-hetero) is 1. The van der Waals surface area contributed by atoms with Crippen molar-refractivity contribution >= 4 is 21.5 Å². The highest BCUT2D eigenvalue weighted by Gasteiger charge is 2.17. The summed E-state index contributed by atoms with van der Waals surface area (Å²) >= 11 is 0. The smallest absolute Gasteiger partial charge is 0.240 e. The van der Waals surface area contributed by atoms with Gasteiger partial charge in [-0.25, -0.2) is 8.42 Å². The fourth-order valence-corrected chi connectivity index (χ4v) is 2.68. The van der Waals surface area contributed by atoms with Crippen molar-refractivity contribution in [1.29, 1.82) is 0 Å². The molecule has 0 heterocycles. The molecule has 1 N–H and O–H groups in total. The van der Waals surface area contributed by atoms with Gasteiger partial charge < -0.3 is 0 Å². The summed E-state index contributed by atoms with van der Waals surface area (Å²) in [6, 6.07) is 16.8. The van der Waals surface area contributed by atoms with Crippen molar-refractivity contribution < 1.29 is 13.2 Å². The van der Waals surface area contributed by atoms with Gasteiger partial charge in [-0.2, -0.15) is 0 Å². The van der Waals surface area contributed by atoms with Crippen molar-refractivity contribution in [2.75, 3.05) is 10.5 Å². The van der Waals surface area contributed by atoms with Crippen LogP contribution in [-0.4, -0.2) is 20.0 Å². The lowest BCUT2D eigenvalue weighted by Gasteiger charge is -2.07. The summed E-state index contributed by atoms with van der Waals surface area (Å²) in [5, 5.41) is 0. The minimum Gasteiger partial charge on any atom is -0.293 e. The van der Waals surface area contributed by atoms with Gasteiger partial charge in [0.2, 0.25) is 10.0 Å². The molecule has 98 valence electrons. The number of anilines is 1. The van der Waals surface area contributed by atoms with E-state index >= 15 is 0 Å². The van der Waals surface area contributed by atoms with Crippen LogP contribution in [0.5, 0.6) is 0 Å². The van der Waals surface area contributed by atoms with E-state index in [2.05, 4.69) is 4.72 Å². The predicted molar refractivity (Wildman–Crippen MR) is 74.6 cm³/mol. The highest BCUT2D eigenvalue weighted by Crippen LogP contribution is 2.09. The molecule has 2 aromatic carbocycles. The van der Waals surface area contributed by atoms with Crippen LogP contribution in [0.15, 0.2) is 60.7 Å². The minimum absolute atomic E-state index is 0.390. The third kappa shape index (κ3) is 3.93. The number of carbonyl (C=O) groups excluding carboxylic acids is 1. The zero-order valence-electron chi connectivity index (χ0n) is 10.1. The molecular formula is C14H13NO3S. The van der Waals surface area contributed by atoms with E-state index in [4.69, 9.17) is 0 Å². The van der Waals surface area contributed by atoms with Crippen molar-refractivity contribution in [3.63, 3.8) is 0 Å². The van der Waals surface area contributed by atoms with Crippen LogP contribution in [-0.2, 0) is 10.0 Å². The molecule has 0 amide bonds. The molecule has 0 saturated carbocycles. The van der Waals surface area contributed by atoms with Crippen LogP contribution in [0.3, 0.4) is 0 Å². The first kappa shape index (κ1) is 13.3. The van der Waals surface area contributed by atoms with E-state index in [1.807, 2.05) is 0 Å². The molecule has 5 heteroatoms. The number of rotatable bonds is 5. The predicted octanol–water partition coefficient (Wildman–Crippen LogP) is 2.31. The molecular weight excluding hydrogens is 262 g/mol. The highest BCUT2D eigenvalue weighted by atomic mass is 32.2. The molecule has 0 fully saturated rings. The topological polar surface area (TPSA) is 63.2 Å². The molecule has 0 bridgehead atoms. The Morgan fingerprint density at radius 2 is 1.42 bits per heavy atom. The van der Waals surface area contributed by atoms with Gasteiger partial charge in [0.05, 0.1) is 0 Å². The Bertz CT molecular complexity index is 652. The molecule has 0 aliphatic rings. The van der Waals surface area contributed by atoms with Crippen molar-refractivity contribution in [3.05, 3.63) is 66.2 Å². The van der Waals surface area contributed by atoms with Crippen LogP contribution in [0.2, 0.25) is 0 Å². The maximum absolute atomic E-state index is 11.9. The van der Waals surface area contributed by atoms with Crippen LogP contribution in [0.1, 0.15) is 10.4 Å². The SMILES string of the molecule is O=C(CS(=O)(=O)Nc1ccccc1)c1ccccc1. The summed E-state index contributed by atoms with van der Waals surface area (Å²) in [6.45, 7) is 0. The van der Waals surface area contributed by atoms with Crippen molar-refractivity contribution in [2.24, 2.45) is 0 Å². The van der Waals surface area contributed by atoms with Crippen molar-refractivity contribution in [2.45, 2.75) is 0 Å². The summed E-state index contributed by atoms with van der Waals surface area (Å²) in [5.41, 5.74) is 0.837. The highest BCUT2D eigenvalue weighted by molar-refractivity contribution is 7.93. The van der Waals surface area contributed by atoms with Crippen LogP contribution in [0.4, 0.5) is 5.69 Å². The summed E-state index contributed by atoms with van der Waals surface area (Å²) in [7, 11) is -3.68. The molecule has 0 atom stereocenters. The standard InChI is InChI=1S/C14H13NO3S/c16-14(12-7-3-1-4-8-12)11-19(17,18)15-13-9-5-2-6-10-13/h1-10,15H,11H2. The monoisotopic (exact) mass is 275 g/mol. The van der Waals surface area contributed by atoms with Crippen LogP contribution in [0, 0.1) is 0 Å². The van der Waals surface area contributed by atoms with Gasteiger partial charge in [-0.3, -0.25) is 9.52 Å². The second-order valence-electron chi connectivity index (χ2n) is 4.02. The van der Waals surface area contributed by atoms with E-state index in [-0.39, 0.29) is 0 Å². The van der Waals surface area contributed by atoms with E-state index < -0.39 is 21.6 Å². The first-order valence-corrected chi connectivity index (χ1v) is 7.36. The molecule has 2 aromatic rings. The second-order valence-corrected chi connectivity index (χ2v) is 5.74. The lowest BCUT2D eigenvalue weighted by atomic mass is 10.2. The summed E-state index contributed by atoms with van der Waals surface area (Å²) in [5.74, 6) is -0.990. The van der Waals surface area contributed by atoms with Crippen molar-refractivity contribution in [3.8, 4) is 0 Å². The first-order chi connectivity index (χ1) is 9.07. The summed E-state index contributed by atoms with van der Waals surface area (Å²) in [4.78, 5) is 11.8. The summed E-state index contributed by atoms with van der Waals surface area (Å²) in [6.07, 6.45) is 0. The number of hydrogen-bond acceptors (Lipinski definition) is 3. The lowest BCUT2D eigenvalue weighted by Crippen LogP contribution is -2.22. The van der Waals surface area contributed by atoms with Crippen LogP contribution >= 0.6 is 0 Å². The van der Waals surface area contributed by atoms with Gasteiger partial charge >= 0.3 is 0 Å². The molecule has 0 aliphatic carbocycles. The quantitative estimate of drug-likeness (QED) is 0.852. The molecule has 2 rings (SSSR count). The molecule has 0 saturated heterocycles. The average molecular weight is 275 g/mol. The van der Waals surface area contributed by atoms with Crippen molar-refractivity contribution in [1.82, 2.24) is 0 Å². The number of nitrogens with one attached hydrogen (secondary N) is 1. The third-order valence-corrected chi connectivity index (χ3v) is 3.65. The Morgan fingerprint density at radius 1 is 0.895 bits per heavy atom. The first-order valence-electron chi connectivity index (χ1n) is 5.71. The lowest BCUT2D eigenvalue weighted by molar-refractivity contribution is 0.102. The Labute approximate surface area is 112 Å². The number of hydrogen-bond donors (Lipinski definition) is 1. The van der Waals surface area contributed by atoms with Gasteiger partial charge in [0.25, 0.3) is 0 Å². The van der Waals surface area contributed by atoms with Crippen LogP contribution < -0.4 is 4.72 Å². The average Bonchev–Trinajstić information content (AvgIpc) is 2.39. The van der Waals surface area contributed by atoms with Gasteiger partial charge in [-0.05, 0) is 12.1 Å². The molecule has 0 aliphatic heterocycles. The minimum atomic E-state index is -3.68. The number of para-hydroxylation sites is 1. The van der Waals surface area contributed by atoms with Gasteiger partial charge in [0.15, 0.2) is 5.78 Å². The van der Waals surface area contributed by atoms with Gasteiger partial charge in [-0.1, -0.05) is 48.5 Å². The van der Waals surface area contributed by atoms with Gasteiger partial charge in [-0.15, -0.1) is 0 Å². The maximum Gasteiger partial charge on any atom is 0.240 e. The maximum atomic E-state index is 11.9. The van der Waals surface area contributed by atoms with E-state index in [9.17, 15) is 13.2 Å². The summed E-state index contributed by atoms with van der Waals surface area (Å²) < 4.78 is 26.1. The van der Waals surface area contributed by atoms with E-state index in [1.165, 1.54) is 0 Å². The van der Waals surface area contributed by atoms with E-state index in [0.717, 1.165) is 0 Å². The fraction of sp³-hybridized carbons (Fsp3) is 0.0714. The molecule has 0 aromatic heterocycles. The Hall–Kier alpha value is -2.14. The molecule has 19 heavy (non-hydrogen) atoms. The van der Waals surface area contributed by atoms with E-state index in [0.29, 0.717) is 11.3 Å².